The third-order valence-corrected chi connectivity index (χ3v) is 3.02. The van der Waals surface area contributed by atoms with Crippen LogP contribution in [-0.2, 0) is 0 Å². The first kappa shape index (κ1) is 9.41. The molecule has 2 aliphatic heterocycles. The van der Waals surface area contributed by atoms with Gasteiger partial charge in [-0.2, -0.15) is 0 Å². The van der Waals surface area contributed by atoms with Gasteiger partial charge in [-0.05, 0) is 17.1 Å². The molecule has 0 amide bonds. The fourth-order valence-electron chi connectivity index (χ4n) is 2.10. The Balaban J connectivity index is 1.85. The Hall–Kier alpha value is -2.62. The Morgan fingerprint density at radius 1 is 1.00 bits per heavy atom. The van der Waals surface area contributed by atoms with Gasteiger partial charge in [-0.1, -0.05) is 12.1 Å². The SMILES string of the molecule is C1=NC=C2C=[N+](c3cnc4ccccc4n3)C=C12. The van der Waals surface area contributed by atoms with Crippen LogP contribution in [0, 0.1) is 0 Å². The molecule has 0 atom stereocenters. The minimum atomic E-state index is 0.824. The molecule has 0 saturated carbocycles. The molecule has 1 aromatic heterocycles. The standard InChI is InChI=1S/C14H9N4/c1-2-4-13-12(3-1)16-7-14(17-13)18-8-10-5-15-6-11(10)9-18/h1-9H/q+1. The highest BCUT2D eigenvalue weighted by molar-refractivity contribution is 6.01. The Morgan fingerprint density at radius 3 is 2.78 bits per heavy atom. The zero-order chi connectivity index (χ0) is 11.9. The van der Waals surface area contributed by atoms with Gasteiger partial charge in [0.1, 0.15) is 24.1 Å². The van der Waals surface area contributed by atoms with E-state index in [1.54, 1.807) is 6.20 Å². The van der Waals surface area contributed by atoms with Crippen LogP contribution in [0.25, 0.3) is 11.0 Å². The number of aromatic nitrogens is 2. The summed E-state index contributed by atoms with van der Waals surface area (Å²) < 4.78 is 1.98. The van der Waals surface area contributed by atoms with Gasteiger partial charge in [-0.15, -0.1) is 0 Å². The topological polar surface area (TPSA) is 41.1 Å². The van der Waals surface area contributed by atoms with Gasteiger partial charge in [-0.25, -0.2) is 9.56 Å². The summed E-state index contributed by atoms with van der Waals surface area (Å²) in [5.41, 5.74) is 4.05. The smallest absolute Gasteiger partial charge is 0.263 e. The van der Waals surface area contributed by atoms with E-state index in [9.17, 15) is 0 Å². The molecule has 3 heterocycles. The van der Waals surface area contributed by atoms with Crippen LogP contribution in [0.4, 0.5) is 5.82 Å². The first-order valence-corrected chi connectivity index (χ1v) is 5.71. The van der Waals surface area contributed by atoms with Crippen LogP contribution in [0.1, 0.15) is 0 Å². The highest BCUT2D eigenvalue weighted by atomic mass is 15.1. The van der Waals surface area contributed by atoms with Gasteiger partial charge < -0.3 is 0 Å². The van der Waals surface area contributed by atoms with Gasteiger partial charge >= 0.3 is 5.82 Å². The Labute approximate surface area is 103 Å². The molecule has 0 spiro atoms. The third kappa shape index (κ3) is 1.32. The lowest BCUT2D eigenvalue weighted by molar-refractivity contribution is -0.355. The number of allylic oxidation sites excluding steroid dienone is 2. The maximum absolute atomic E-state index is 4.60. The van der Waals surface area contributed by atoms with Crippen molar-refractivity contribution < 1.29 is 4.58 Å². The maximum atomic E-state index is 4.60. The average molecular weight is 233 g/mol. The minimum Gasteiger partial charge on any atom is -0.263 e. The zero-order valence-corrected chi connectivity index (χ0v) is 9.49. The van der Waals surface area contributed by atoms with Crippen molar-refractivity contribution in [3.05, 3.63) is 54.0 Å². The fraction of sp³-hybridized carbons (Fsp3) is 0. The first-order chi connectivity index (χ1) is 8.90. The van der Waals surface area contributed by atoms with E-state index < -0.39 is 0 Å². The van der Waals surface area contributed by atoms with E-state index >= 15 is 0 Å². The lowest BCUT2D eigenvalue weighted by Gasteiger charge is -1.94. The molecule has 4 rings (SSSR count). The van der Waals surface area contributed by atoms with Crippen molar-refractivity contribution in [3.8, 4) is 0 Å². The average Bonchev–Trinajstić information content (AvgIpc) is 2.99. The molecular weight excluding hydrogens is 224 g/mol. The highest BCUT2D eigenvalue weighted by Gasteiger charge is 2.21. The minimum absolute atomic E-state index is 0.824. The second kappa shape index (κ2) is 3.43. The number of hydrogen-bond donors (Lipinski definition) is 0. The lowest BCUT2D eigenvalue weighted by Crippen LogP contribution is -1.98. The molecular formula is C14H9N4+. The molecule has 18 heavy (non-hydrogen) atoms. The van der Waals surface area contributed by atoms with E-state index in [1.165, 1.54) is 0 Å². The molecule has 2 aromatic rings. The van der Waals surface area contributed by atoms with Crippen LogP contribution < -0.4 is 0 Å². The summed E-state index contributed by atoms with van der Waals surface area (Å²) in [6.07, 6.45) is 9.51. The molecule has 4 heteroatoms. The molecule has 0 bridgehead atoms. The van der Waals surface area contributed by atoms with Crippen molar-refractivity contribution in [1.29, 1.82) is 0 Å². The van der Waals surface area contributed by atoms with E-state index in [4.69, 9.17) is 0 Å². The number of benzene rings is 1. The van der Waals surface area contributed by atoms with Crippen LogP contribution in [0.2, 0.25) is 0 Å². The first-order valence-electron chi connectivity index (χ1n) is 5.71. The quantitative estimate of drug-likeness (QED) is 0.708. The highest BCUT2D eigenvalue weighted by Crippen LogP contribution is 2.22. The molecule has 0 fully saturated rings. The van der Waals surface area contributed by atoms with E-state index in [0.29, 0.717) is 0 Å². The summed E-state index contributed by atoms with van der Waals surface area (Å²) in [5.74, 6) is 0.824. The zero-order valence-electron chi connectivity index (χ0n) is 9.49. The van der Waals surface area contributed by atoms with Gasteiger partial charge in [0.15, 0.2) is 0 Å². The van der Waals surface area contributed by atoms with Crippen LogP contribution in [0.5, 0.6) is 0 Å². The predicted molar refractivity (Wildman–Crippen MR) is 70.2 cm³/mol. The lowest BCUT2D eigenvalue weighted by atomic mass is 10.2. The summed E-state index contributed by atoms with van der Waals surface area (Å²) in [4.78, 5) is 13.1. The monoisotopic (exact) mass is 233 g/mol. The molecule has 84 valence electrons. The van der Waals surface area contributed by atoms with Crippen molar-refractivity contribution in [1.82, 2.24) is 9.97 Å². The molecule has 0 N–H and O–H groups in total. The Bertz CT molecular complexity index is 781. The summed E-state index contributed by atoms with van der Waals surface area (Å²) in [6, 6.07) is 7.86. The second-order valence-corrected chi connectivity index (χ2v) is 4.20. The normalized spacial score (nSPS) is 16.6. The molecule has 0 saturated heterocycles. The van der Waals surface area contributed by atoms with Crippen molar-refractivity contribution in [2.45, 2.75) is 0 Å². The van der Waals surface area contributed by atoms with Crippen molar-refractivity contribution in [2.75, 3.05) is 0 Å². The number of fused-ring (bicyclic) bond motifs is 2. The molecule has 0 aliphatic carbocycles. The van der Waals surface area contributed by atoms with Crippen LogP contribution >= 0.6 is 0 Å². The molecule has 2 aliphatic rings. The van der Waals surface area contributed by atoms with Crippen LogP contribution in [0.15, 0.2) is 59.0 Å². The number of hydrogen-bond acceptors (Lipinski definition) is 3. The van der Waals surface area contributed by atoms with Crippen LogP contribution in [0.3, 0.4) is 0 Å². The van der Waals surface area contributed by atoms with Gasteiger partial charge in [0.2, 0.25) is 5.52 Å². The summed E-state index contributed by atoms with van der Waals surface area (Å²) in [6.45, 7) is 0. The van der Waals surface area contributed by atoms with Crippen molar-refractivity contribution in [2.24, 2.45) is 4.99 Å². The van der Waals surface area contributed by atoms with Gasteiger partial charge in [0, 0.05) is 23.6 Å². The van der Waals surface area contributed by atoms with E-state index in [-0.39, 0.29) is 0 Å². The Morgan fingerprint density at radius 2 is 1.89 bits per heavy atom. The second-order valence-electron chi connectivity index (χ2n) is 4.20. The fourth-order valence-corrected chi connectivity index (χ4v) is 2.10. The number of rotatable bonds is 1. The maximum Gasteiger partial charge on any atom is 0.346 e. The molecule has 0 radical (unpaired) electrons. The predicted octanol–water partition coefficient (Wildman–Crippen LogP) is 2.21. The third-order valence-electron chi connectivity index (χ3n) is 3.02. The van der Waals surface area contributed by atoms with E-state index in [0.717, 1.165) is 28.0 Å². The van der Waals surface area contributed by atoms with Crippen molar-refractivity contribution >= 4 is 29.3 Å². The van der Waals surface area contributed by atoms with Crippen LogP contribution in [-0.4, -0.2) is 27.0 Å². The van der Waals surface area contributed by atoms with Gasteiger partial charge in [-0.3, -0.25) is 4.99 Å². The summed E-state index contributed by atoms with van der Waals surface area (Å²) in [7, 11) is 0. The van der Waals surface area contributed by atoms with Crippen molar-refractivity contribution in [3.63, 3.8) is 0 Å². The Kier molecular flexibility index (Phi) is 1.80. The molecule has 0 unspecified atom stereocenters. The molecule has 1 aromatic carbocycles. The largest absolute Gasteiger partial charge is 0.346 e. The summed E-state index contributed by atoms with van der Waals surface area (Å²) >= 11 is 0. The number of aliphatic imine (C=N–C) groups is 1. The van der Waals surface area contributed by atoms with Gasteiger partial charge in [0.05, 0.1) is 0 Å². The number of para-hydroxylation sites is 2. The number of nitrogens with zero attached hydrogens (tertiary/aromatic N) is 4. The van der Waals surface area contributed by atoms with E-state index in [2.05, 4.69) is 15.0 Å². The molecule has 4 nitrogen and oxygen atoms in total. The summed E-state index contributed by atoms with van der Waals surface area (Å²) in [5, 5.41) is 0. The van der Waals surface area contributed by atoms with Gasteiger partial charge in [0.25, 0.3) is 0 Å². The van der Waals surface area contributed by atoms with E-state index in [1.807, 2.05) is 53.7 Å².